The van der Waals surface area contributed by atoms with Crippen LogP contribution in [-0.4, -0.2) is 22.8 Å². The number of benzene rings is 1. The molecule has 19 heavy (non-hydrogen) atoms. The average molecular weight is 252 g/mol. The van der Waals surface area contributed by atoms with E-state index in [1.807, 2.05) is 40.9 Å². The molecule has 0 bridgehead atoms. The van der Waals surface area contributed by atoms with E-state index in [4.69, 9.17) is 4.74 Å². The second-order valence-corrected chi connectivity index (χ2v) is 4.18. The SMILES string of the molecule is COc1ccc(-c2ncc3cc(C=O)ccn23)cc1. The molecule has 2 aromatic heterocycles. The molecule has 0 spiro atoms. The number of nitrogens with zero attached hydrogens (tertiary/aromatic N) is 2. The van der Waals surface area contributed by atoms with E-state index in [1.165, 1.54) is 0 Å². The van der Waals surface area contributed by atoms with E-state index in [1.54, 1.807) is 19.4 Å². The van der Waals surface area contributed by atoms with Crippen LogP contribution in [-0.2, 0) is 0 Å². The summed E-state index contributed by atoms with van der Waals surface area (Å²) in [4.78, 5) is 15.2. The maximum absolute atomic E-state index is 10.8. The number of hydrogen-bond donors (Lipinski definition) is 0. The van der Waals surface area contributed by atoms with Gasteiger partial charge in [-0.1, -0.05) is 0 Å². The number of imidazole rings is 1. The lowest BCUT2D eigenvalue weighted by Crippen LogP contribution is -1.91. The van der Waals surface area contributed by atoms with Crippen molar-refractivity contribution in [3.05, 3.63) is 54.4 Å². The minimum atomic E-state index is 0.647. The Bertz CT molecular complexity index is 729. The van der Waals surface area contributed by atoms with E-state index in [-0.39, 0.29) is 0 Å². The van der Waals surface area contributed by atoms with Gasteiger partial charge in [-0.2, -0.15) is 0 Å². The van der Waals surface area contributed by atoms with Gasteiger partial charge in [0.05, 0.1) is 18.8 Å². The number of rotatable bonds is 3. The molecule has 0 unspecified atom stereocenters. The van der Waals surface area contributed by atoms with Gasteiger partial charge in [0.1, 0.15) is 17.9 Å². The fourth-order valence-corrected chi connectivity index (χ4v) is 2.04. The van der Waals surface area contributed by atoms with Crippen molar-refractivity contribution in [3.63, 3.8) is 0 Å². The number of aldehydes is 1. The zero-order valence-electron chi connectivity index (χ0n) is 10.4. The van der Waals surface area contributed by atoms with Crippen LogP contribution >= 0.6 is 0 Å². The first-order valence-electron chi connectivity index (χ1n) is 5.88. The first kappa shape index (κ1) is 11.5. The Morgan fingerprint density at radius 2 is 2.00 bits per heavy atom. The van der Waals surface area contributed by atoms with E-state index >= 15 is 0 Å². The maximum Gasteiger partial charge on any atom is 0.150 e. The number of ether oxygens (including phenoxy) is 1. The van der Waals surface area contributed by atoms with E-state index < -0.39 is 0 Å². The number of hydrogen-bond acceptors (Lipinski definition) is 3. The summed E-state index contributed by atoms with van der Waals surface area (Å²) in [6.45, 7) is 0. The lowest BCUT2D eigenvalue weighted by Gasteiger charge is -2.03. The van der Waals surface area contributed by atoms with Gasteiger partial charge in [-0.05, 0) is 36.4 Å². The van der Waals surface area contributed by atoms with Crippen LogP contribution in [0.25, 0.3) is 16.9 Å². The van der Waals surface area contributed by atoms with Gasteiger partial charge >= 0.3 is 0 Å². The predicted molar refractivity (Wildman–Crippen MR) is 72.6 cm³/mol. The Balaban J connectivity index is 2.11. The minimum absolute atomic E-state index is 0.647. The van der Waals surface area contributed by atoms with Crippen molar-refractivity contribution in [1.29, 1.82) is 0 Å². The average Bonchev–Trinajstić information content (AvgIpc) is 2.90. The molecule has 4 nitrogen and oxygen atoms in total. The summed E-state index contributed by atoms with van der Waals surface area (Å²) in [6, 6.07) is 11.3. The highest BCUT2D eigenvalue weighted by Crippen LogP contribution is 2.22. The lowest BCUT2D eigenvalue weighted by molar-refractivity contribution is 0.112. The monoisotopic (exact) mass is 252 g/mol. The maximum atomic E-state index is 10.8. The van der Waals surface area contributed by atoms with Gasteiger partial charge < -0.3 is 4.74 Å². The van der Waals surface area contributed by atoms with Crippen LogP contribution in [0.4, 0.5) is 0 Å². The van der Waals surface area contributed by atoms with Crippen LogP contribution in [0.2, 0.25) is 0 Å². The van der Waals surface area contributed by atoms with Crippen LogP contribution in [0, 0.1) is 0 Å². The summed E-state index contributed by atoms with van der Waals surface area (Å²) >= 11 is 0. The van der Waals surface area contributed by atoms with E-state index in [9.17, 15) is 4.79 Å². The molecule has 0 saturated heterocycles. The Labute approximate surface area is 110 Å². The van der Waals surface area contributed by atoms with Crippen molar-refractivity contribution in [2.24, 2.45) is 0 Å². The zero-order valence-corrected chi connectivity index (χ0v) is 10.4. The molecule has 0 amide bonds. The molecule has 1 aromatic carbocycles. The van der Waals surface area contributed by atoms with E-state index in [0.717, 1.165) is 28.9 Å². The van der Waals surface area contributed by atoms with E-state index in [0.29, 0.717) is 5.56 Å². The topological polar surface area (TPSA) is 43.6 Å². The molecule has 0 saturated carbocycles. The fraction of sp³-hybridized carbons (Fsp3) is 0.0667. The Morgan fingerprint density at radius 1 is 1.21 bits per heavy atom. The van der Waals surface area contributed by atoms with Crippen molar-refractivity contribution in [2.75, 3.05) is 7.11 Å². The molecule has 0 fully saturated rings. The molecule has 0 aliphatic rings. The fourth-order valence-electron chi connectivity index (χ4n) is 2.04. The molecule has 0 radical (unpaired) electrons. The molecule has 3 aromatic rings. The summed E-state index contributed by atoms with van der Waals surface area (Å²) in [7, 11) is 1.64. The predicted octanol–water partition coefficient (Wildman–Crippen LogP) is 2.82. The minimum Gasteiger partial charge on any atom is -0.497 e. The largest absolute Gasteiger partial charge is 0.497 e. The van der Waals surface area contributed by atoms with Gasteiger partial charge in [-0.25, -0.2) is 4.98 Å². The van der Waals surface area contributed by atoms with Crippen LogP contribution < -0.4 is 4.74 Å². The molecule has 0 aliphatic heterocycles. The zero-order chi connectivity index (χ0) is 13.2. The Hall–Kier alpha value is -2.62. The number of methoxy groups -OCH3 is 1. The number of aromatic nitrogens is 2. The third-order valence-corrected chi connectivity index (χ3v) is 3.04. The van der Waals surface area contributed by atoms with Crippen molar-refractivity contribution in [1.82, 2.24) is 9.38 Å². The number of carbonyl (C=O) groups excluding carboxylic acids is 1. The highest BCUT2D eigenvalue weighted by molar-refractivity contribution is 5.78. The molecule has 0 atom stereocenters. The normalized spacial score (nSPS) is 10.6. The van der Waals surface area contributed by atoms with Crippen molar-refractivity contribution >= 4 is 11.8 Å². The Kier molecular flexibility index (Phi) is 2.76. The van der Waals surface area contributed by atoms with Crippen LogP contribution in [0.1, 0.15) is 10.4 Å². The summed E-state index contributed by atoms with van der Waals surface area (Å²) in [5.41, 5.74) is 2.55. The first-order chi connectivity index (χ1) is 9.31. The molecule has 4 heteroatoms. The van der Waals surface area contributed by atoms with Crippen LogP contribution in [0.15, 0.2) is 48.8 Å². The molecule has 3 rings (SSSR count). The molecule has 0 N–H and O–H groups in total. The second-order valence-electron chi connectivity index (χ2n) is 4.18. The lowest BCUT2D eigenvalue weighted by atomic mass is 10.2. The van der Waals surface area contributed by atoms with Crippen LogP contribution in [0.3, 0.4) is 0 Å². The standard InChI is InChI=1S/C15H12N2O2/c1-19-14-4-2-12(3-5-14)15-16-9-13-8-11(10-18)6-7-17(13)15/h2-10H,1H3. The number of fused-ring (bicyclic) bond motifs is 1. The number of carbonyl (C=O) groups is 1. The van der Waals surface area contributed by atoms with Crippen LogP contribution in [0.5, 0.6) is 5.75 Å². The molecule has 2 heterocycles. The third-order valence-electron chi connectivity index (χ3n) is 3.04. The summed E-state index contributed by atoms with van der Waals surface area (Å²) in [6.07, 6.45) is 4.44. The van der Waals surface area contributed by atoms with Crippen molar-refractivity contribution in [2.45, 2.75) is 0 Å². The van der Waals surface area contributed by atoms with Gasteiger partial charge in [-0.15, -0.1) is 0 Å². The van der Waals surface area contributed by atoms with Gasteiger partial charge in [0.15, 0.2) is 0 Å². The van der Waals surface area contributed by atoms with Gasteiger partial charge in [0.25, 0.3) is 0 Å². The quantitative estimate of drug-likeness (QED) is 0.673. The van der Waals surface area contributed by atoms with Gasteiger partial charge in [-0.3, -0.25) is 9.20 Å². The highest BCUT2D eigenvalue weighted by atomic mass is 16.5. The first-order valence-corrected chi connectivity index (χ1v) is 5.88. The second kappa shape index (κ2) is 4.57. The Morgan fingerprint density at radius 3 is 2.68 bits per heavy atom. The molecule has 0 aliphatic carbocycles. The van der Waals surface area contributed by atoms with E-state index in [2.05, 4.69) is 4.98 Å². The third kappa shape index (κ3) is 1.97. The molecule has 94 valence electrons. The smallest absolute Gasteiger partial charge is 0.150 e. The highest BCUT2D eigenvalue weighted by Gasteiger charge is 2.06. The molecular formula is C15H12N2O2. The van der Waals surface area contributed by atoms with Gasteiger partial charge in [0.2, 0.25) is 0 Å². The summed E-state index contributed by atoms with van der Waals surface area (Å²) in [5, 5.41) is 0. The molecular weight excluding hydrogens is 240 g/mol. The van der Waals surface area contributed by atoms with Crippen molar-refractivity contribution in [3.8, 4) is 17.1 Å². The summed E-state index contributed by atoms with van der Waals surface area (Å²) < 4.78 is 7.09. The number of pyridine rings is 1. The summed E-state index contributed by atoms with van der Waals surface area (Å²) in [5.74, 6) is 1.66. The van der Waals surface area contributed by atoms with Crippen molar-refractivity contribution < 1.29 is 9.53 Å². The van der Waals surface area contributed by atoms with Gasteiger partial charge in [0, 0.05) is 17.3 Å².